The highest BCUT2D eigenvalue weighted by atomic mass is 127. The van der Waals surface area contributed by atoms with Crippen molar-refractivity contribution in [2.45, 2.75) is 51.9 Å². The van der Waals surface area contributed by atoms with Crippen LogP contribution in [0.25, 0.3) is 0 Å². The van der Waals surface area contributed by atoms with Crippen molar-refractivity contribution in [2.24, 2.45) is 10.4 Å². The van der Waals surface area contributed by atoms with Crippen LogP contribution in [-0.4, -0.2) is 39.3 Å². The largest absolute Gasteiger partial charge is 0.385 e. The van der Waals surface area contributed by atoms with Crippen molar-refractivity contribution in [3.05, 3.63) is 35.9 Å². The number of halogens is 1. The summed E-state index contributed by atoms with van der Waals surface area (Å²) in [5.74, 6) is 1.50. The van der Waals surface area contributed by atoms with Crippen LogP contribution < -0.4 is 10.6 Å². The van der Waals surface area contributed by atoms with Gasteiger partial charge in [0.05, 0.1) is 0 Å². The summed E-state index contributed by atoms with van der Waals surface area (Å²) in [4.78, 5) is 4.87. The van der Waals surface area contributed by atoms with Crippen LogP contribution >= 0.6 is 24.0 Å². The number of methoxy groups -OCH3 is 1. The number of ether oxygens (including phenoxy) is 1. The van der Waals surface area contributed by atoms with Gasteiger partial charge in [-0.25, -0.2) is 0 Å². The molecule has 0 amide bonds. The van der Waals surface area contributed by atoms with E-state index in [9.17, 15) is 0 Å². The van der Waals surface area contributed by atoms with Gasteiger partial charge in [-0.3, -0.25) is 4.99 Å². The SMILES string of the molecule is CCNC(=NCC1(CCOC)CCC1)NCCC(C)c1ccccc1.I. The Bertz CT molecular complexity index is 517. The van der Waals surface area contributed by atoms with Gasteiger partial charge < -0.3 is 15.4 Å². The normalized spacial score (nSPS) is 17.0. The molecule has 0 aromatic heterocycles. The van der Waals surface area contributed by atoms with E-state index in [1.807, 2.05) is 0 Å². The first-order chi connectivity index (χ1) is 12.2. The van der Waals surface area contributed by atoms with Crippen LogP contribution in [0.15, 0.2) is 35.3 Å². The third-order valence-electron chi connectivity index (χ3n) is 5.41. The zero-order chi connectivity index (χ0) is 18.0. The van der Waals surface area contributed by atoms with Crippen LogP contribution in [0.2, 0.25) is 0 Å². The summed E-state index contributed by atoms with van der Waals surface area (Å²) in [7, 11) is 1.79. The molecule has 1 aliphatic carbocycles. The summed E-state index contributed by atoms with van der Waals surface area (Å²) in [5, 5.41) is 6.89. The van der Waals surface area contributed by atoms with Crippen molar-refractivity contribution in [1.29, 1.82) is 0 Å². The first-order valence-corrected chi connectivity index (χ1v) is 9.75. The molecule has 1 aromatic rings. The number of hydrogen-bond donors (Lipinski definition) is 2. The lowest BCUT2D eigenvalue weighted by Crippen LogP contribution is -2.40. The topological polar surface area (TPSA) is 45.7 Å². The Morgan fingerprint density at radius 3 is 2.54 bits per heavy atom. The van der Waals surface area contributed by atoms with Crippen molar-refractivity contribution in [2.75, 3.05) is 33.4 Å². The fourth-order valence-corrected chi connectivity index (χ4v) is 3.43. The second kappa shape index (κ2) is 12.5. The summed E-state index contributed by atoms with van der Waals surface area (Å²) in [6, 6.07) is 10.7. The van der Waals surface area contributed by atoms with Gasteiger partial charge in [-0.2, -0.15) is 0 Å². The smallest absolute Gasteiger partial charge is 0.191 e. The molecule has 26 heavy (non-hydrogen) atoms. The maximum Gasteiger partial charge on any atom is 0.191 e. The van der Waals surface area contributed by atoms with E-state index in [2.05, 4.69) is 54.8 Å². The maximum absolute atomic E-state index is 5.28. The third-order valence-corrected chi connectivity index (χ3v) is 5.41. The Kier molecular flexibility index (Phi) is 11.2. The van der Waals surface area contributed by atoms with Gasteiger partial charge in [-0.15, -0.1) is 24.0 Å². The Morgan fingerprint density at radius 2 is 1.96 bits per heavy atom. The summed E-state index contributed by atoms with van der Waals surface area (Å²) < 4.78 is 5.28. The highest BCUT2D eigenvalue weighted by Gasteiger charge is 2.36. The summed E-state index contributed by atoms with van der Waals surface area (Å²) >= 11 is 0. The average Bonchev–Trinajstić information content (AvgIpc) is 2.61. The van der Waals surface area contributed by atoms with Crippen molar-refractivity contribution in [3.63, 3.8) is 0 Å². The Morgan fingerprint density at radius 1 is 1.23 bits per heavy atom. The minimum atomic E-state index is 0. The van der Waals surface area contributed by atoms with Gasteiger partial charge in [-0.05, 0) is 49.5 Å². The molecule has 5 heteroatoms. The zero-order valence-electron chi connectivity index (χ0n) is 16.6. The van der Waals surface area contributed by atoms with E-state index in [1.54, 1.807) is 7.11 Å². The Hall–Kier alpha value is -0.820. The number of nitrogens with one attached hydrogen (secondary N) is 2. The van der Waals surface area contributed by atoms with Crippen molar-refractivity contribution in [1.82, 2.24) is 10.6 Å². The molecular formula is C21H36IN3O. The molecule has 148 valence electrons. The van der Waals surface area contributed by atoms with Gasteiger partial charge >= 0.3 is 0 Å². The third kappa shape index (κ3) is 7.43. The lowest BCUT2D eigenvalue weighted by atomic mass is 9.67. The summed E-state index contributed by atoms with van der Waals surface area (Å²) in [6.45, 7) is 7.98. The molecule has 0 spiro atoms. The summed E-state index contributed by atoms with van der Waals surface area (Å²) in [5.41, 5.74) is 1.77. The molecule has 2 rings (SSSR count). The molecule has 0 bridgehead atoms. The second-order valence-electron chi connectivity index (χ2n) is 7.32. The van der Waals surface area contributed by atoms with Gasteiger partial charge in [-0.1, -0.05) is 43.7 Å². The Labute approximate surface area is 176 Å². The summed E-state index contributed by atoms with van der Waals surface area (Å²) in [6.07, 6.45) is 6.12. The van der Waals surface area contributed by atoms with Crippen LogP contribution in [0.3, 0.4) is 0 Å². The molecule has 0 heterocycles. The highest BCUT2D eigenvalue weighted by Crippen LogP contribution is 2.44. The number of benzene rings is 1. The number of guanidine groups is 1. The lowest BCUT2D eigenvalue weighted by molar-refractivity contribution is 0.0778. The van der Waals surface area contributed by atoms with Crippen LogP contribution in [0.5, 0.6) is 0 Å². The molecular weight excluding hydrogens is 437 g/mol. The van der Waals surface area contributed by atoms with Crippen LogP contribution in [0.4, 0.5) is 0 Å². The van der Waals surface area contributed by atoms with E-state index in [-0.39, 0.29) is 24.0 Å². The quantitative estimate of drug-likeness (QED) is 0.298. The standard InChI is InChI=1S/C21H35N3O.HI/c1-4-22-20(24-17-21(12-8-13-21)14-16-25-3)23-15-11-18(2)19-9-6-5-7-10-19;/h5-7,9-10,18H,4,8,11-17H2,1-3H3,(H2,22,23,24);1H. The minimum Gasteiger partial charge on any atom is -0.385 e. The van der Waals surface area contributed by atoms with E-state index in [0.29, 0.717) is 11.3 Å². The lowest BCUT2D eigenvalue weighted by Gasteiger charge is -2.40. The maximum atomic E-state index is 5.28. The van der Waals surface area contributed by atoms with E-state index >= 15 is 0 Å². The van der Waals surface area contributed by atoms with Crippen LogP contribution in [-0.2, 0) is 4.74 Å². The molecule has 4 nitrogen and oxygen atoms in total. The zero-order valence-corrected chi connectivity index (χ0v) is 18.9. The van der Waals surface area contributed by atoms with Crippen molar-refractivity contribution in [3.8, 4) is 0 Å². The first-order valence-electron chi connectivity index (χ1n) is 9.75. The number of nitrogens with zero attached hydrogens (tertiary/aromatic N) is 1. The molecule has 0 aliphatic heterocycles. The van der Waals surface area contributed by atoms with Gasteiger partial charge in [0.15, 0.2) is 5.96 Å². The predicted octanol–water partition coefficient (Wildman–Crippen LogP) is 4.56. The van der Waals surface area contributed by atoms with Crippen LogP contribution in [0.1, 0.15) is 57.4 Å². The van der Waals surface area contributed by atoms with Gasteiger partial charge in [0.1, 0.15) is 0 Å². The van der Waals surface area contributed by atoms with E-state index in [0.717, 1.165) is 45.0 Å². The molecule has 1 aliphatic rings. The second-order valence-corrected chi connectivity index (χ2v) is 7.32. The van der Waals surface area contributed by atoms with Crippen LogP contribution in [0, 0.1) is 5.41 Å². The van der Waals surface area contributed by atoms with E-state index in [1.165, 1.54) is 24.8 Å². The first kappa shape index (κ1) is 23.2. The number of aliphatic imine (C=N–C) groups is 1. The molecule has 0 radical (unpaired) electrons. The molecule has 0 saturated heterocycles. The number of rotatable bonds is 10. The average molecular weight is 473 g/mol. The monoisotopic (exact) mass is 473 g/mol. The van der Waals surface area contributed by atoms with Gasteiger partial charge in [0, 0.05) is 33.4 Å². The molecule has 2 N–H and O–H groups in total. The number of hydrogen-bond acceptors (Lipinski definition) is 2. The molecule has 1 atom stereocenters. The molecule has 1 aromatic carbocycles. The van der Waals surface area contributed by atoms with Gasteiger partial charge in [0.2, 0.25) is 0 Å². The Balaban J connectivity index is 0.00000338. The van der Waals surface area contributed by atoms with E-state index in [4.69, 9.17) is 9.73 Å². The fourth-order valence-electron chi connectivity index (χ4n) is 3.43. The minimum absolute atomic E-state index is 0. The molecule has 1 unspecified atom stereocenters. The highest BCUT2D eigenvalue weighted by molar-refractivity contribution is 14.0. The van der Waals surface area contributed by atoms with Gasteiger partial charge in [0.25, 0.3) is 0 Å². The fraction of sp³-hybridized carbons (Fsp3) is 0.667. The van der Waals surface area contributed by atoms with Crippen molar-refractivity contribution < 1.29 is 4.74 Å². The predicted molar refractivity (Wildman–Crippen MR) is 122 cm³/mol. The molecule has 1 fully saturated rings. The van der Waals surface area contributed by atoms with Crippen molar-refractivity contribution >= 4 is 29.9 Å². The van der Waals surface area contributed by atoms with E-state index < -0.39 is 0 Å². The molecule has 1 saturated carbocycles.